The first-order valence-electron chi connectivity index (χ1n) is 8.69. The second-order valence-corrected chi connectivity index (χ2v) is 6.96. The number of carbonyl (C=O) groups excluding carboxylic acids is 3. The molecule has 0 radical (unpaired) electrons. The Kier molecular flexibility index (Phi) is 6.21. The van der Waals surface area contributed by atoms with Gasteiger partial charge < -0.3 is 19.9 Å². The highest BCUT2D eigenvalue weighted by molar-refractivity contribution is 6.42. The number of benzene rings is 1. The number of amides is 2. The van der Waals surface area contributed by atoms with Crippen LogP contribution in [0.15, 0.2) is 24.4 Å². The lowest BCUT2D eigenvalue weighted by Gasteiger charge is -2.24. The molecule has 10 heteroatoms. The summed E-state index contributed by atoms with van der Waals surface area (Å²) in [6.07, 6.45) is 2.55. The lowest BCUT2D eigenvalue weighted by Crippen LogP contribution is -2.43. The van der Waals surface area contributed by atoms with Crippen molar-refractivity contribution < 1.29 is 19.1 Å². The monoisotopic (exact) mass is 424 g/mol. The fraction of sp³-hybridized carbons (Fsp3) is 0.333. The maximum Gasteiger partial charge on any atom is 0.374 e. The second-order valence-electron chi connectivity index (χ2n) is 6.14. The Morgan fingerprint density at radius 1 is 1.32 bits per heavy atom. The van der Waals surface area contributed by atoms with Crippen LogP contribution in [0.3, 0.4) is 0 Å². The van der Waals surface area contributed by atoms with Crippen molar-refractivity contribution in [1.82, 2.24) is 14.9 Å². The molecule has 0 aliphatic carbocycles. The Balaban J connectivity index is 1.70. The molecule has 1 saturated heterocycles. The number of likely N-dealkylation sites (tertiary alicyclic amines) is 1. The molecule has 0 spiro atoms. The number of hydrogen-bond donors (Lipinski definition) is 2. The zero-order valence-corrected chi connectivity index (χ0v) is 16.5. The van der Waals surface area contributed by atoms with Crippen molar-refractivity contribution in [2.75, 3.05) is 18.5 Å². The molecule has 2 amide bonds. The molecule has 2 heterocycles. The molecule has 2 aromatic rings. The first kappa shape index (κ1) is 20.2. The van der Waals surface area contributed by atoms with Crippen LogP contribution in [0, 0.1) is 0 Å². The van der Waals surface area contributed by atoms with Crippen molar-refractivity contribution in [3.8, 4) is 0 Å². The third kappa shape index (κ3) is 4.28. The summed E-state index contributed by atoms with van der Waals surface area (Å²) < 4.78 is 4.84. The standard InChI is InChI=1S/C18H18Cl2N4O4/c1-2-28-18(27)15-21-9-14(22-15)23-16(25)13-4-3-7-24(13)17(26)10-5-6-11(19)12(20)8-10/h5-6,8-9,13H,2-4,7H2,1H3,(H,21,22)(H,23,25). The van der Waals surface area contributed by atoms with E-state index in [1.807, 2.05) is 0 Å². The third-order valence-corrected chi connectivity index (χ3v) is 5.02. The second kappa shape index (κ2) is 8.62. The number of imidazole rings is 1. The van der Waals surface area contributed by atoms with Crippen LogP contribution in [0.25, 0.3) is 0 Å². The van der Waals surface area contributed by atoms with E-state index >= 15 is 0 Å². The zero-order valence-electron chi connectivity index (χ0n) is 15.0. The van der Waals surface area contributed by atoms with Gasteiger partial charge in [0.25, 0.3) is 5.91 Å². The Bertz CT molecular complexity index is 915. The summed E-state index contributed by atoms with van der Waals surface area (Å²) in [5, 5.41) is 3.28. The predicted octanol–water partition coefficient (Wildman–Crippen LogP) is 3.14. The number of rotatable bonds is 5. The highest BCUT2D eigenvalue weighted by atomic mass is 35.5. The topological polar surface area (TPSA) is 104 Å². The van der Waals surface area contributed by atoms with Gasteiger partial charge in [0.05, 0.1) is 22.8 Å². The minimum atomic E-state index is -0.642. The van der Waals surface area contributed by atoms with E-state index in [4.69, 9.17) is 27.9 Å². The van der Waals surface area contributed by atoms with Gasteiger partial charge in [-0.2, -0.15) is 0 Å². The molecular weight excluding hydrogens is 407 g/mol. The number of halogens is 2. The Morgan fingerprint density at radius 2 is 2.11 bits per heavy atom. The molecule has 1 aliphatic heterocycles. The van der Waals surface area contributed by atoms with Crippen LogP contribution in [0.4, 0.5) is 5.82 Å². The van der Waals surface area contributed by atoms with Gasteiger partial charge >= 0.3 is 5.97 Å². The van der Waals surface area contributed by atoms with Gasteiger partial charge in [0.2, 0.25) is 11.7 Å². The van der Waals surface area contributed by atoms with Gasteiger partial charge in [0.15, 0.2) is 0 Å². The molecule has 1 aromatic carbocycles. The molecule has 1 atom stereocenters. The quantitative estimate of drug-likeness (QED) is 0.717. The molecule has 1 aliphatic rings. The first-order valence-corrected chi connectivity index (χ1v) is 9.45. The van der Waals surface area contributed by atoms with E-state index in [0.717, 1.165) is 0 Å². The highest BCUT2D eigenvalue weighted by Gasteiger charge is 2.35. The molecule has 1 aromatic heterocycles. The van der Waals surface area contributed by atoms with E-state index < -0.39 is 12.0 Å². The molecule has 0 bridgehead atoms. The Morgan fingerprint density at radius 3 is 2.82 bits per heavy atom. The third-order valence-electron chi connectivity index (χ3n) is 4.29. The average Bonchev–Trinajstić information content (AvgIpc) is 3.33. The zero-order chi connectivity index (χ0) is 20.3. The van der Waals surface area contributed by atoms with E-state index in [1.165, 1.54) is 17.2 Å². The van der Waals surface area contributed by atoms with Gasteiger partial charge in [-0.3, -0.25) is 9.59 Å². The van der Waals surface area contributed by atoms with Crippen molar-refractivity contribution in [3.63, 3.8) is 0 Å². The highest BCUT2D eigenvalue weighted by Crippen LogP contribution is 2.26. The number of aromatic nitrogens is 2. The van der Waals surface area contributed by atoms with Gasteiger partial charge in [-0.25, -0.2) is 9.78 Å². The molecule has 1 fully saturated rings. The predicted molar refractivity (Wildman–Crippen MR) is 104 cm³/mol. The number of ether oxygens (including phenoxy) is 1. The van der Waals surface area contributed by atoms with Crippen molar-refractivity contribution in [1.29, 1.82) is 0 Å². The summed E-state index contributed by atoms with van der Waals surface area (Å²) >= 11 is 11.9. The average molecular weight is 425 g/mol. The lowest BCUT2D eigenvalue weighted by atomic mass is 10.1. The molecule has 3 rings (SSSR count). The number of esters is 1. The summed E-state index contributed by atoms with van der Waals surface area (Å²) in [6, 6.07) is 3.96. The number of anilines is 1. The maximum absolute atomic E-state index is 12.8. The molecule has 148 valence electrons. The van der Waals surface area contributed by atoms with Crippen LogP contribution in [-0.2, 0) is 9.53 Å². The number of aromatic amines is 1. The smallest absolute Gasteiger partial charge is 0.374 e. The van der Waals surface area contributed by atoms with Crippen LogP contribution < -0.4 is 5.32 Å². The number of H-pyrrole nitrogens is 1. The molecule has 0 saturated carbocycles. The first-order chi connectivity index (χ1) is 13.4. The van der Waals surface area contributed by atoms with Crippen molar-refractivity contribution in [2.45, 2.75) is 25.8 Å². The van der Waals surface area contributed by atoms with E-state index in [0.29, 0.717) is 30.0 Å². The number of nitrogens with zero attached hydrogens (tertiary/aromatic N) is 2. The van der Waals surface area contributed by atoms with Crippen LogP contribution in [0.1, 0.15) is 40.7 Å². The van der Waals surface area contributed by atoms with Gasteiger partial charge in [0.1, 0.15) is 11.9 Å². The summed E-state index contributed by atoms with van der Waals surface area (Å²) in [5.74, 6) is -1.03. The summed E-state index contributed by atoms with van der Waals surface area (Å²) in [7, 11) is 0. The summed E-state index contributed by atoms with van der Waals surface area (Å²) in [4.78, 5) is 45.2. The number of carbonyl (C=O) groups is 3. The fourth-order valence-corrected chi connectivity index (χ4v) is 3.28. The van der Waals surface area contributed by atoms with Crippen LogP contribution in [-0.4, -0.2) is 51.8 Å². The number of hydrogen-bond acceptors (Lipinski definition) is 5. The van der Waals surface area contributed by atoms with Crippen molar-refractivity contribution in [3.05, 3.63) is 45.8 Å². The van der Waals surface area contributed by atoms with E-state index in [-0.39, 0.29) is 35.1 Å². The van der Waals surface area contributed by atoms with Gasteiger partial charge in [-0.1, -0.05) is 23.2 Å². The summed E-state index contributed by atoms with van der Waals surface area (Å²) in [5.41, 5.74) is 0.361. The normalized spacial score (nSPS) is 16.1. The Labute approximate surface area is 171 Å². The van der Waals surface area contributed by atoms with Crippen LogP contribution in [0.5, 0.6) is 0 Å². The molecule has 8 nitrogen and oxygen atoms in total. The minimum Gasteiger partial charge on any atom is -0.460 e. The maximum atomic E-state index is 12.8. The van der Waals surface area contributed by atoms with Crippen molar-refractivity contribution in [2.24, 2.45) is 0 Å². The molecule has 1 unspecified atom stereocenters. The SMILES string of the molecule is CCOC(=O)c1ncc(NC(=O)C2CCCN2C(=O)c2ccc(Cl)c(Cl)c2)[nH]1. The Hall–Kier alpha value is -2.58. The lowest BCUT2D eigenvalue weighted by molar-refractivity contribution is -0.119. The number of nitrogens with one attached hydrogen (secondary N) is 2. The van der Waals surface area contributed by atoms with Gasteiger partial charge in [-0.05, 0) is 38.0 Å². The van der Waals surface area contributed by atoms with E-state index in [1.54, 1.807) is 19.1 Å². The van der Waals surface area contributed by atoms with Crippen LogP contribution in [0.2, 0.25) is 10.0 Å². The van der Waals surface area contributed by atoms with E-state index in [2.05, 4.69) is 15.3 Å². The largest absolute Gasteiger partial charge is 0.460 e. The molecule has 28 heavy (non-hydrogen) atoms. The molecule has 2 N–H and O–H groups in total. The van der Waals surface area contributed by atoms with E-state index in [9.17, 15) is 14.4 Å². The van der Waals surface area contributed by atoms with Crippen molar-refractivity contribution >= 4 is 46.8 Å². The fourth-order valence-electron chi connectivity index (χ4n) is 2.98. The molecular formula is C18H18Cl2N4O4. The van der Waals surface area contributed by atoms with Gasteiger partial charge in [0, 0.05) is 12.1 Å². The minimum absolute atomic E-state index is 0.00712. The van der Waals surface area contributed by atoms with Crippen LogP contribution >= 0.6 is 23.2 Å². The summed E-state index contributed by atoms with van der Waals surface area (Å²) in [6.45, 7) is 2.35. The van der Waals surface area contributed by atoms with Gasteiger partial charge in [-0.15, -0.1) is 0 Å².